The minimum Gasteiger partial charge on any atom is -0.310 e. The van der Waals surface area contributed by atoms with Gasteiger partial charge in [0.15, 0.2) is 0 Å². The molecule has 1 aromatic carbocycles. The molecule has 0 aromatic heterocycles. The molecule has 1 aliphatic rings. The second-order valence-electron chi connectivity index (χ2n) is 7.04. The van der Waals surface area contributed by atoms with Gasteiger partial charge in [0.25, 0.3) is 0 Å². The Balaban J connectivity index is 1.80. The molecule has 0 bridgehead atoms. The molecule has 1 N–H and O–H groups in total. The van der Waals surface area contributed by atoms with Gasteiger partial charge >= 0.3 is 0 Å². The average Bonchev–Trinajstić information content (AvgIpc) is 2.45. The highest BCUT2D eigenvalue weighted by atomic mass is 15.1. The van der Waals surface area contributed by atoms with Crippen LogP contribution in [0, 0.1) is 0 Å². The van der Waals surface area contributed by atoms with Crippen LogP contribution in [0.25, 0.3) is 0 Å². The highest BCUT2D eigenvalue weighted by Gasteiger charge is 2.17. The summed E-state index contributed by atoms with van der Waals surface area (Å²) in [5.41, 5.74) is 3.06. The summed E-state index contributed by atoms with van der Waals surface area (Å²) in [5, 5.41) is 3.71. The number of rotatable bonds is 4. The van der Waals surface area contributed by atoms with E-state index in [0.29, 0.717) is 6.04 Å². The van der Waals surface area contributed by atoms with Crippen molar-refractivity contribution in [3.63, 3.8) is 0 Å². The van der Waals surface area contributed by atoms with Crippen molar-refractivity contribution in [2.45, 2.75) is 58.5 Å². The second kappa shape index (κ2) is 6.73. The molecule has 2 nitrogen and oxygen atoms in total. The molecule has 1 saturated heterocycles. The van der Waals surface area contributed by atoms with Crippen LogP contribution in [0.15, 0.2) is 24.3 Å². The minimum absolute atomic E-state index is 0.249. The van der Waals surface area contributed by atoms with Crippen molar-refractivity contribution in [1.82, 2.24) is 10.2 Å². The first-order chi connectivity index (χ1) is 9.49. The van der Waals surface area contributed by atoms with Gasteiger partial charge in [0.1, 0.15) is 0 Å². The Kier molecular flexibility index (Phi) is 5.22. The first-order valence-electron chi connectivity index (χ1n) is 8.04. The third kappa shape index (κ3) is 4.32. The van der Waals surface area contributed by atoms with Crippen molar-refractivity contribution in [1.29, 1.82) is 0 Å². The summed E-state index contributed by atoms with van der Waals surface area (Å²) >= 11 is 0. The zero-order valence-corrected chi connectivity index (χ0v) is 13.6. The van der Waals surface area contributed by atoms with Gasteiger partial charge in [-0.1, -0.05) is 52.0 Å². The monoisotopic (exact) mass is 274 g/mol. The van der Waals surface area contributed by atoms with Gasteiger partial charge in [-0.2, -0.15) is 0 Å². The summed E-state index contributed by atoms with van der Waals surface area (Å²) in [7, 11) is 0. The molecule has 0 spiro atoms. The van der Waals surface area contributed by atoms with Gasteiger partial charge in [-0.05, 0) is 49.0 Å². The van der Waals surface area contributed by atoms with E-state index in [2.05, 4.69) is 62.2 Å². The Morgan fingerprint density at radius 3 is 2.20 bits per heavy atom. The van der Waals surface area contributed by atoms with Gasteiger partial charge < -0.3 is 10.2 Å². The molecule has 1 aliphatic heterocycles. The van der Waals surface area contributed by atoms with Crippen molar-refractivity contribution in [3.8, 4) is 0 Å². The lowest BCUT2D eigenvalue weighted by atomic mass is 9.87. The Labute approximate surface area is 124 Å². The lowest BCUT2D eigenvalue weighted by molar-refractivity contribution is 0.206. The Hall–Kier alpha value is -0.860. The Morgan fingerprint density at radius 2 is 1.70 bits per heavy atom. The third-order valence-corrected chi connectivity index (χ3v) is 4.45. The van der Waals surface area contributed by atoms with Crippen LogP contribution in [0.4, 0.5) is 0 Å². The molecule has 20 heavy (non-hydrogen) atoms. The number of hydrogen-bond donors (Lipinski definition) is 1. The van der Waals surface area contributed by atoms with E-state index in [0.717, 1.165) is 6.54 Å². The number of piperidine rings is 1. The first-order valence-corrected chi connectivity index (χ1v) is 8.04. The topological polar surface area (TPSA) is 15.3 Å². The smallest absolute Gasteiger partial charge is 0.0208 e. The van der Waals surface area contributed by atoms with Gasteiger partial charge in [-0.3, -0.25) is 0 Å². The maximum Gasteiger partial charge on any atom is 0.0208 e. The second-order valence-corrected chi connectivity index (χ2v) is 7.04. The number of nitrogens with zero attached hydrogens (tertiary/aromatic N) is 1. The van der Waals surface area contributed by atoms with Crippen LogP contribution in [0.1, 0.15) is 51.7 Å². The van der Waals surface area contributed by atoms with Crippen molar-refractivity contribution < 1.29 is 0 Å². The first kappa shape index (κ1) is 15.5. The maximum absolute atomic E-state index is 3.71. The summed E-state index contributed by atoms with van der Waals surface area (Å²) in [6, 6.07) is 9.79. The summed E-state index contributed by atoms with van der Waals surface area (Å²) in [6.07, 6.45) is 2.57. The van der Waals surface area contributed by atoms with Crippen molar-refractivity contribution >= 4 is 0 Å². The molecule has 112 valence electrons. The number of likely N-dealkylation sites (tertiary alicyclic amines) is 1. The van der Waals surface area contributed by atoms with E-state index in [1.54, 1.807) is 0 Å². The lowest BCUT2D eigenvalue weighted by Crippen LogP contribution is -2.42. The SMILES string of the molecule is CCN1CCC(NCc2ccc(C(C)(C)C)cc2)CC1. The van der Waals surface area contributed by atoms with Gasteiger partial charge in [0.05, 0.1) is 0 Å². The highest BCUT2D eigenvalue weighted by Crippen LogP contribution is 2.22. The quantitative estimate of drug-likeness (QED) is 0.903. The Bertz CT molecular complexity index is 394. The van der Waals surface area contributed by atoms with Gasteiger partial charge in [-0.15, -0.1) is 0 Å². The minimum atomic E-state index is 0.249. The van der Waals surface area contributed by atoms with Crippen molar-refractivity contribution in [3.05, 3.63) is 35.4 Å². The van der Waals surface area contributed by atoms with Crippen LogP contribution < -0.4 is 5.32 Å². The van der Waals surface area contributed by atoms with E-state index in [9.17, 15) is 0 Å². The van der Waals surface area contributed by atoms with E-state index in [-0.39, 0.29) is 5.41 Å². The predicted octanol–water partition coefficient (Wildman–Crippen LogP) is 3.56. The van der Waals surface area contributed by atoms with Crippen LogP contribution in [0.2, 0.25) is 0 Å². The summed E-state index contributed by atoms with van der Waals surface area (Å²) in [5.74, 6) is 0. The molecule has 0 saturated carbocycles. The molecule has 2 heteroatoms. The van der Waals surface area contributed by atoms with Crippen LogP contribution in [-0.4, -0.2) is 30.6 Å². The molecule has 0 aliphatic carbocycles. The molecule has 2 rings (SSSR count). The molecule has 1 fully saturated rings. The summed E-state index contributed by atoms with van der Waals surface area (Å²) in [4.78, 5) is 2.54. The molecule has 0 amide bonds. The van der Waals surface area contributed by atoms with Crippen LogP contribution in [0.5, 0.6) is 0 Å². The summed E-state index contributed by atoms with van der Waals surface area (Å²) in [6.45, 7) is 13.7. The predicted molar refractivity (Wildman–Crippen MR) is 87.1 cm³/mol. The van der Waals surface area contributed by atoms with Gasteiger partial charge in [-0.25, -0.2) is 0 Å². The summed E-state index contributed by atoms with van der Waals surface area (Å²) < 4.78 is 0. The van der Waals surface area contributed by atoms with Crippen LogP contribution in [0.3, 0.4) is 0 Å². The molecule has 0 unspecified atom stereocenters. The zero-order chi connectivity index (χ0) is 14.6. The largest absolute Gasteiger partial charge is 0.310 e. The molecular weight excluding hydrogens is 244 g/mol. The molecule has 0 radical (unpaired) electrons. The van der Waals surface area contributed by atoms with E-state index in [4.69, 9.17) is 0 Å². The van der Waals surface area contributed by atoms with E-state index in [1.807, 2.05) is 0 Å². The standard InChI is InChI=1S/C18H30N2/c1-5-20-12-10-17(11-13-20)19-14-15-6-8-16(9-7-15)18(2,3)4/h6-9,17,19H,5,10-14H2,1-4H3. The maximum atomic E-state index is 3.71. The average molecular weight is 274 g/mol. The van der Waals surface area contributed by atoms with Crippen LogP contribution in [-0.2, 0) is 12.0 Å². The van der Waals surface area contributed by atoms with Crippen molar-refractivity contribution in [2.75, 3.05) is 19.6 Å². The fourth-order valence-corrected chi connectivity index (χ4v) is 2.84. The molecule has 1 heterocycles. The van der Waals surface area contributed by atoms with E-state index >= 15 is 0 Å². The Morgan fingerprint density at radius 1 is 1.10 bits per heavy atom. The van der Waals surface area contributed by atoms with Gasteiger partial charge in [0.2, 0.25) is 0 Å². The molecule has 0 atom stereocenters. The van der Waals surface area contributed by atoms with Crippen molar-refractivity contribution in [2.24, 2.45) is 0 Å². The normalized spacial score (nSPS) is 18.4. The number of nitrogens with one attached hydrogen (secondary N) is 1. The van der Waals surface area contributed by atoms with Gasteiger partial charge in [0, 0.05) is 12.6 Å². The molecular formula is C18H30N2. The number of benzene rings is 1. The van der Waals surface area contributed by atoms with Crippen LogP contribution >= 0.6 is 0 Å². The highest BCUT2D eigenvalue weighted by molar-refractivity contribution is 5.27. The fourth-order valence-electron chi connectivity index (χ4n) is 2.84. The molecule has 1 aromatic rings. The fraction of sp³-hybridized carbons (Fsp3) is 0.667. The lowest BCUT2D eigenvalue weighted by Gasteiger charge is -2.31. The van der Waals surface area contributed by atoms with E-state index in [1.165, 1.54) is 43.6 Å². The van der Waals surface area contributed by atoms with E-state index < -0.39 is 0 Å². The number of hydrogen-bond acceptors (Lipinski definition) is 2. The third-order valence-electron chi connectivity index (χ3n) is 4.45. The zero-order valence-electron chi connectivity index (χ0n) is 13.6.